The average Bonchev–Trinajstić information content (AvgIpc) is 2.26. The largest absolute Gasteiger partial charge is 0.370 e. The molecule has 17 heavy (non-hydrogen) atoms. The second kappa shape index (κ2) is 7.31. The number of aryl methyl sites for hydroxylation is 1. The van der Waals surface area contributed by atoms with E-state index in [1.807, 2.05) is 12.3 Å². The molecule has 2 nitrogen and oxygen atoms in total. The Morgan fingerprint density at radius 2 is 2.00 bits per heavy atom. The van der Waals surface area contributed by atoms with Gasteiger partial charge in [0.25, 0.3) is 0 Å². The highest BCUT2D eigenvalue weighted by Gasteiger charge is 2.04. The molecule has 1 rings (SSSR count). The summed E-state index contributed by atoms with van der Waals surface area (Å²) in [7, 11) is 0. The van der Waals surface area contributed by atoms with Crippen LogP contribution in [-0.2, 0) is 0 Å². The van der Waals surface area contributed by atoms with Crippen LogP contribution in [0.4, 0.5) is 5.82 Å². The lowest BCUT2D eigenvalue weighted by atomic mass is 9.95. The predicted octanol–water partition coefficient (Wildman–Crippen LogP) is 4.26. The first-order chi connectivity index (χ1) is 8.08. The van der Waals surface area contributed by atoms with Crippen LogP contribution in [0.25, 0.3) is 0 Å². The van der Waals surface area contributed by atoms with Crippen molar-refractivity contribution in [1.29, 1.82) is 0 Å². The van der Waals surface area contributed by atoms with E-state index in [0.29, 0.717) is 0 Å². The normalized spacial score (nSPS) is 12.8. The summed E-state index contributed by atoms with van der Waals surface area (Å²) in [5.41, 5.74) is 1.21. The molecule has 0 bridgehead atoms. The molecular weight excluding hydrogens is 208 g/mol. The molecule has 1 heterocycles. The fourth-order valence-corrected chi connectivity index (χ4v) is 2.16. The molecule has 0 fully saturated rings. The molecule has 0 aliphatic heterocycles. The minimum atomic E-state index is 0.816. The Morgan fingerprint density at radius 3 is 2.59 bits per heavy atom. The van der Waals surface area contributed by atoms with E-state index in [1.165, 1.54) is 24.8 Å². The number of nitrogens with one attached hydrogen (secondary N) is 1. The van der Waals surface area contributed by atoms with Gasteiger partial charge in [-0.05, 0) is 49.7 Å². The average molecular weight is 234 g/mol. The van der Waals surface area contributed by atoms with Crippen LogP contribution in [0.3, 0.4) is 0 Å². The summed E-state index contributed by atoms with van der Waals surface area (Å²) < 4.78 is 0. The summed E-state index contributed by atoms with van der Waals surface area (Å²) in [5.74, 6) is 2.65. The molecule has 0 spiro atoms. The fraction of sp³-hybridized carbons (Fsp3) is 0.667. The second-order valence-corrected chi connectivity index (χ2v) is 5.52. The van der Waals surface area contributed by atoms with Crippen LogP contribution < -0.4 is 5.32 Å². The van der Waals surface area contributed by atoms with E-state index in [-0.39, 0.29) is 0 Å². The number of hydrogen-bond donors (Lipinski definition) is 1. The van der Waals surface area contributed by atoms with Gasteiger partial charge in [-0.3, -0.25) is 0 Å². The van der Waals surface area contributed by atoms with Crippen LogP contribution in [0, 0.1) is 18.8 Å². The van der Waals surface area contributed by atoms with Crippen LogP contribution >= 0.6 is 0 Å². The molecule has 0 aromatic carbocycles. The quantitative estimate of drug-likeness (QED) is 0.713. The summed E-state index contributed by atoms with van der Waals surface area (Å²) in [6.45, 7) is 10.0. The van der Waals surface area contributed by atoms with Crippen molar-refractivity contribution < 1.29 is 0 Å². The molecular formula is C15H26N2. The Balaban J connectivity index is 2.13. The molecule has 0 radical (unpaired) electrons. The SMILES string of the molecule is Cc1ccc(NCCC[C@H](C)CC(C)C)nc1. The minimum Gasteiger partial charge on any atom is -0.370 e. The monoisotopic (exact) mass is 234 g/mol. The summed E-state index contributed by atoms with van der Waals surface area (Å²) in [4.78, 5) is 4.33. The zero-order valence-electron chi connectivity index (χ0n) is 11.7. The third-order valence-electron chi connectivity index (χ3n) is 2.96. The van der Waals surface area contributed by atoms with Crippen LogP contribution in [0.5, 0.6) is 0 Å². The number of anilines is 1. The van der Waals surface area contributed by atoms with Crippen LogP contribution in [0.1, 0.15) is 45.6 Å². The molecule has 0 aliphatic carbocycles. The van der Waals surface area contributed by atoms with Gasteiger partial charge in [0, 0.05) is 12.7 Å². The van der Waals surface area contributed by atoms with E-state index in [4.69, 9.17) is 0 Å². The molecule has 0 amide bonds. The van der Waals surface area contributed by atoms with Gasteiger partial charge < -0.3 is 5.32 Å². The van der Waals surface area contributed by atoms with Crippen molar-refractivity contribution in [3.8, 4) is 0 Å². The molecule has 0 saturated heterocycles. The van der Waals surface area contributed by atoms with Crippen molar-refractivity contribution >= 4 is 5.82 Å². The van der Waals surface area contributed by atoms with E-state index < -0.39 is 0 Å². The Morgan fingerprint density at radius 1 is 1.24 bits per heavy atom. The summed E-state index contributed by atoms with van der Waals surface area (Å²) in [6, 6.07) is 4.14. The molecule has 1 atom stereocenters. The first-order valence-corrected chi connectivity index (χ1v) is 6.74. The van der Waals surface area contributed by atoms with Crippen molar-refractivity contribution in [1.82, 2.24) is 4.98 Å². The molecule has 96 valence electrons. The van der Waals surface area contributed by atoms with Crippen LogP contribution in [0.15, 0.2) is 18.3 Å². The molecule has 0 unspecified atom stereocenters. The maximum atomic E-state index is 4.33. The number of aromatic nitrogens is 1. The van der Waals surface area contributed by atoms with E-state index in [1.54, 1.807) is 0 Å². The molecule has 1 N–H and O–H groups in total. The molecule has 1 aromatic rings. The Hall–Kier alpha value is -1.05. The summed E-state index contributed by atoms with van der Waals surface area (Å²) >= 11 is 0. The first kappa shape index (κ1) is 14.0. The van der Waals surface area contributed by atoms with E-state index in [2.05, 4.69) is 44.1 Å². The van der Waals surface area contributed by atoms with Gasteiger partial charge in [0.2, 0.25) is 0 Å². The standard InChI is InChI=1S/C15H26N2/c1-12(2)10-13(3)6-5-9-16-15-8-7-14(4)11-17-15/h7-8,11-13H,5-6,9-10H2,1-4H3,(H,16,17)/t13-/m0/s1. The minimum absolute atomic E-state index is 0.816. The highest BCUT2D eigenvalue weighted by molar-refractivity contribution is 5.34. The van der Waals surface area contributed by atoms with Crippen molar-refractivity contribution in [2.75, 3.05) is 11.9 Å². The third kappa shape index (κ3) is 6.30. The topological polar surface area (TPSA) is 24.9 Å². The number of hydrogen-bond acceptors (Lipinski definition) is 2. The summed E-state index contributed by atoms with van der Waals surface area (Å²) in [6.07, 6.45) is 5.77. The first-order valence-electron chi connectivity index (χ1n) is 6.74. The maximum absolute atomic E-state index is 4.33. The van der Waals surface area contributed by atoms with Crippen molar-refractivity contribution in [2.24, 2.45) is 11.8 Å². The zero-order valence-corrected chi connectivity index (χ0v) is 11.7. The molecule has 0 aliphatic rings. The molecule has 1 aromatic heterocycles. The summed E-state index contributed by atoms with van der Waals surface area (Å²) in [5, 5.41) is 3.37. The van der Waals surface area contributed by atoms with E-state index in [0.717, 1.165) is 24.2 Å². The van der Waals surface area contributed by atoms with Gasteiger partial charge in [-0.2, -0.15) is 0 Å². The Labute approximate surface area is 106 Å². The predicted molar refractivity (Wildman–Crippen MR) is 75.3 cm³/mol. The van der Waals surface area contributed by atoms with Gasteiger partial charge in [-0.1, -0.05) is 26.8 Å². The van der Waals surface area contributed by atoms with Gasteiger partial charge >= 0.3 is 0 Å². The Bertz CT molecular complexity index is 303. The lowest BCUT2D eigenvalue weighted by Crippen LogP contribution is -2.06. The van der Waals surface area contributed by atoms with Crippen molar-refractivity contribution in [3.63, 3.8) is 0 Å². The zero-order chi connectivity index (χ0) is 12.7. The highest BCUT2D eigenvalue weighted by Crippen LogP contribution is 2.16. The van der Waals surface area contributed by atoms with E-state index in [9.17, 15) is 0 Å². The van der Waals surface area contributed by atoms with Crippen LogP contribution in [-0.4, -0.2) is 11.5 Å². The fourth-order valence-electron chi connectivity index (χ4n) is 2.16. The number of pyridine rings is 1. The smallest absolute Gasteiger partial charge is 0.125 e. The Kier molecular flexibility index (Phi) is 6.03. The lowest BCUT2D eigenvalue weighted by Gasteiger charge is -2.13. The van der Waals surface area contributed by atoms with Gasteiger partial charge in [-0.15, -0.1) is 0 Å². The number of nitrogens with zero attached hydrogens (tertiary/aromatic N) is 1. The van der Waals surface area contributed by atoms with E-state index >= 15 is 0 Å². The third-order valence-corrected chi connectivity index (χ3v) is 2.96. The van der Waals surface area contributed by atoms with Gasteiger partial charge in [0.1, 0.15) is 5.82 Å². The van der Waals surface area contributed by atoms with Crippen molar-refractivity contribution in [3.05, 3.63) is 23.9 Å². The highest BCUT2D eigenvalue weighted by atomic mass is 15.0. The van der Waals surface area contributed by atoms with Crippen LogP contribution in [0.2, 0.25) is 0 Å². The van der Waals surface area contributed by atoms with Gasteiger partial charge in [-0.25, -0.2) is 4.98 Å². The lowest BCUT2D eigenvalue weighted by molar-refractivity contribution is 0.409. The van der Waals surface area contributed by atoms with Gasteiger partial charge in [0.15, 0.2) is 0 Å². The maximum Gasteiger partial charge on any atom is 0.125 e. The number of rotatable bonds is 7. The van der Waals surface area contributed by atoms with Crippen molar-refractivity contribution in [2.45, 2.75) is 47.0 Å². The molecule has 2 heteroatoms. The second-order valence-electron chi connectivity index (χ2n) is 5.52. The van der Waals surface area contributed by atoms with Gasteiger partial charge in [0.05, 0.1) is 0 Å². The molecule has 0 saturated carbocycles.